The predicted molar refractivity (Wildman–Crippen MR) is 86.0 cm³/mol. The largest absolute Gasteiger partial charge is 0.379 e. The number of halogens is 1. The monoisotopic (exact) mass is 312 g/mol. The summed E-state index contributed by atoms with van der Waals surface area (Å²) in [5, 5.41) is 3.26. The molecule has 1 rings (SSSR count). The van der Waals surface area contributed by atoms with Crippen molar-refractivity contribution in [2.24, 2.45) is 0 Å². The number of pyridine rings is 1. The van der Waals surface area contributed by atoms with Crippen LogP contribution >= 0.6 is 11.6 Å². The second kappa shape index (κ2) is 9.00. The van der Waals surface area contributed by atoms with Gasteiger partial charge in [-0.05, 0) is 44.7 Å². The molecular weight excluding hydrogens is 288 g/mol. The number of unbranched alkanes of at least 4 members (excludes halogenated alkanes) is 1. The molecule has 1 amide bonds. The summed E-state index contributed by atoms with van der Waals surface area (Å²) in [7, 11) is 0. The Bertz CT molecular complexity index is 462. The van der Waals surface area contributed by atoms with Gasteiger partial charge in [-0.1, -0.05) is 25.4 Å². The van der Waals surface area contributed by atoms with E-state index in [1.165, 1.54) is 0 Å². The minimum absolute atomic E-state index is 0.106. The maximum absolute atomic E-state index is 12.1. The minimum atomic E-state index is -0.106. The van der Waals surface area contributed by atoms with E-state index in [1.807, 2.05) is 27.7 Å². The fourth-order valence-electron chi connectivity index (χ4n) is 1.79. The fraction of sp³-hybridized carbons (Fsp3) is 0.625. The molecule has 0 saturated carbocycles. The highest BCUT2D eigenvalue weighted by atomic mass is 35.5. The zero-order valence-electron chi connectivity index (χ0n) is 13.3. The van der Waals surface area contributed by atoms with Gasteiger partial charge in [0.2, 0.25) is 0 Å². The number of hydrogen-bond acceptors (Lipinski definition) is 3. The Morgan fingerprint density at radius 2 is 2.00 bits per heavy atom. The summed E-state index contributed by atoms with van der Waals surface area (Å²) in [6.07, 6.45) is 2.09. The Balaban J connectivity index is 2.42. The van der Waals surface area contributed by atoms with Gasteiger partial charge < -0.3 is 10.1 Å². The lowest BCUT2D eigenvalue weighted by Crippen LogP contribution is -2.25. The lowest BCUT2D eigenvalue weighted by Gasteiger charge is -2.10. The lowest BCUT2D eigenvalue weighted by molar-refractivity contribution is 0.0754. The fourth-order valence-corrected chi connectivity index (χ4v) is 2.01. The van der Waals surface area contributed by atoms with Crippen molar-refractivity contribution >= 4 is 17.5 Å². The third-order valence-electron chi connectivity index (χ3n) is 2.98. The second-order valence-electron chi connectivity index (χ2n) is 5.64. The summed E-state index contributed by atoms with van der Waals surface area (Å²) in [5.41, 5.74) is 1.40. The number of aromatic nitrogens is 1. The minimum Gasteiger partial charge on any atom is -0.379 e. The van der Waals surface area contributed by atoms with Crippen molar-refractivity contribution < 1.29 is 9.53 Å². The van der Waals surface area contributed by atoms with E-state index in [1.54, 1.807) is 12.1 Å². The molecule has 0 atom stereocenters. The summed E-state index contributed by atoms with van der Waals surface area (Å²) >= 11 is 5.96. The Morgan fingerprint density at radius 3 is 2.62 bits per heavy atom. The van der Waals surface area contributed by atoms with Crippen LogP contribution in [0.4, 0.5) is 0 Å². The van der Waals surface area contributed by atoms with Crippen molar-refractivity contribution in [1.82, 2.24) is 10.3 Å². The molecule has 0 aliphatic heterocycles. The zero-order valence-corrected chi connectivity index (χ0v) is 14.0. The molecule has 0 spiro atoms. The molecule has 1 heterocycles. The van der Waals surface area contributed by atoms with Crippen LogP contribution in [0.15, 0.2) is 12.1 Å². The number of carbonyl (C=O) groups excluding carboxylic acids is 1. The van der Waals surface area contributed by atoms with Gasteiger partial charge in [-0.2, -0.15) is 0 Å². The summed E-state index contributed by atoms with van der Waals surface area (Å²) in [6.45, 7) is 9.44. The summed E-state index contributed by atoms with van der Waals surface area (Å²) in [4.78, 5) is 16.3. The SMILES string of the molecule is CC(C)OCCCCNC(=O)c1cc(Cl)nc(C(C)C)c1. The van der Waals surface area contributed by atoms with Crippen LogP contribution in [0.25, 0.3) is 0 Å². The van der Waals surface area contributed by atoms with Crippen LogP contribution in [-0.2, 0) is 4.74 Å². The van der Waals surface area contributed by atoms with Crippen molar-refractivity contribution in [3.8, 4) is 0 Å². The summed E-state index contributed by atoms with van der Waals surface area (Å²) in [6, 6.07) is 3.40. The molecule has 0 saturated heterocycles. The maximum atomic E-state index is 12.1. The van der Waals surface area contributed by atoms with Gasteiger partial charge in [0.25, 0.3) is 5.91 Å². The number of ether oxygens (including phenoxy) is 1. The average molecular weight is 313 g/mol. The van der Waals surface area contributed by atoms with E-state index in [9.17, 15) is 4.79 Å². The molecule has 1 aromatic rings. The Morgan fingerprint density at radius 1 is 1.29 bits per heavy atom. The third kappa shape index (κ3) is 6.91. The van der Waals surface area contributed by atoms with Crippen LogP contribution in [0.1, 0.15) is 62.5 Å². The van der Waals surface area contributed by atoms with E-state index in [-0.39, 0.29) is 17.9 Å². The van der Waals surface area contributed by atoms with E-state index in [2.05, 4.69) is 10.3 Å². The van der Waals surface area contributed by atoms with Crippen LogP contribution in [0, 0.1) is 0 Å². The quantitative estimate of drug-likeness (QED) is 0.587. The first-order chi connectivity index (χ1) is 9.90. The van der Waals surface area contributed by atoms with Gasteiger partial charge in [-0.25, -0.2) is 4.98 Å². The van der Waals surface area contributed by atoms with Crippen LogP contribution in [0.5, 0.6) is 0 Å². The highest BCUT2D eigenvalue weighted by Crippen LogP contribution is 2.17. The molecular formula is C16H25ClN2O2. The molecule has 0 aliphatic rings. The van der Waals surface area contributed by atoms with E-state index in [0.29, 0.717) is 17.3 Å². The molecule has 1 aromatic heterocycles. The van der Waals surface area contributed by atoms with Crippen molar-refractivity contribution in [2.75, 3.05) is 13.2 Å². The van der Waals surface area contributed by atoms with Crippen molar-refractivity contribution in [3.63, 3.8) is 0 Å². The van der Waals surface area contributed by atoms with Crippen LogP contribution in [0.2, 0.25) is 5.15 Å². The Labute approximate surface area is 132 Å². The molecule has 0 fully saturated rings. The van der Waals surface area contributed by atoms with Gasteiger partial charge in [-0.3, -0.25) is 4.79 Å². The molecule has 1 N–H and O–H groups in total. The standard InChI is InChI=1S/C16H25ClN2O2/c1-11(2)14-9-13(10-15(17)19-14)16(20)18-7-5-6-8-21-12(3)4/h9-12H,5-8H2,1-4H3,(H,18,20). The molecule has 0 unspecified atom stereocenters. The highest BCUT2D eigenvalue weighted by molar-refractivity contribution is 6.29. The van der Waals surface area contributed by atoms with Crippen molar-refractivity contribution in [2.45, 2.75) is 52.6 Å². The van der Waals surface area contributed by atoms with Gasteiger partial charge in [-0.15, -0.1) is 0 Å². The smallest absolute Gasteiger partial charge is 0.251 e. The molecule has 0 radical (unpaired) electrons. The second-order valence-corrected chi connectivity index (χ2v) is 6.03. The number of carbonyl (C=O) groups is 1. The zero-order chi connectivity index (χ0) is 15.8. The molecule has 118 valence electrons. The highest BCUT2D eigenvalue weighted by Gasteiger charge is 2.10. The molecule has 0 bridgehead atoms. The van der Waals surface area contributed by atoms with Gasteiger partial charge in [0.1, 0.15) is 5.15 Å². The normalized spacial score (nSPS) is 11.2. The first kappa shape index (κ1) is 17.9. The first-order valence-electron chi connectivity index (χ1n) is 7.47. The Hall–Kier alpha value is -1.13. The maximum Gasteiger partial charge on any atom is 0.251 e. The van der Waals surface area contributed by atoms with Gasteiger partial charge in [0.05, 0.1) is 6.10 Å². The van der Waals surface area contributed by atoms with Crippen LogP contribution in [-0.4, -0.2) is 30.1 Å². The number of nitrogens with zero attached hydrogens (tertiary/aromatic N) is 1. The first-order valence-corrected chi connectivity index (χ1v) is 7.85. The lowest BCUT2D eigenvalue weighted by atomic mass is 10.1. The predicted octanol–water partition coefficient (Wildman–Crippen LogP) is 3.79. The van der Waals surface area contributed by atoms with Gasteiger partial charge in [0, 0.05) is 24.4 Å². The molecule has 4 nitrogen and oxygen atoms in total. The third-order valence-corrected chi connectivity index (χ3v) is 3.17. The summed E-state index contributed by atoms with van der Waals surface area (Å²) < 4.78 is 5.45. The van der Waals surface area contributed by atoms with Crippen molar-refractivity contribution in [1.29, 1.82) is 0 Å². The van der Waals surface area contributed by atoms with Crippen LogP contribution in [0.3, 0.4) is 0 Å². The molecule has 0 aliphatic carbocycles. The number of rotatable bonds is 8. The number of hydrogen-bond donors (Lipinski definition) is 1. The van der Waals surface area contributed by atoms with E-state index in [0.717, 1.165) is 25.1 Å². The molecule has 0 aromatic carbocycles. The molecule has 5 heteroatoms. The van der Waals surface area contributed by atoms with Gasteiger partial charge in [0.15, 0.2) is 0 Å². The Kier molecular flexibility index (Phi) is 7.68. The number of nitrogens with one attached hydrogen (secondary N) is 1. The van der Waals surface area contributed by atoms with E-state index in [4.69, 9.17) is 16.3 Å². The topological polar surface area (TPSA) is 51.2 Å². The van der Waals surface area contributed by atoms with Crippen LogP contribution < -0.4 is 5.32 Å². The van der Waals surface area contributed by atoms with E-state index >= 15 is 0 Å². The molecule has 21 heavy (non-hydrogen) atoms. The van der Waals surface area contributed by atoms with Crippen molar-refractivity contribution in [3.05, 3.63) is 28.5 Å². The number of amides is 1. The van der Waals surface area contributed by atoms with E-state index < -0.39 is 0 Å². The average Bonchev–Trinajstić information content (AvgIpc) is 2.41. The van der Waals surface area contributed by atoms with Gasteiger partial charge >= 0.3 is 0 Å². The summed E-state index contributed by atoms with van der Waals surface area (Å²) in [5.74, 6) is 0.134.